The van der Waals surface area contributed by atoms with Crippen LogP contribution in [0.5, 0.6) is 0 Å². The first kappa shape index (κ1) is 14.6. The van der Waals surface area contributed by atoms with E-state index in [4.69, 9.17) is 0 Å². The second-order valence-electron chi connectivity index (χ2n) is 8.67. The predicted octanol–water partition coefficient (Wildman–Crippen LogP) is 3.20. The maximum atomic E-state index is 12.9. The molecule has 22 heavy (non-hydrogen) atoms. The van der Waals surface area contributed by atoms with Crippen LogP contribution >= 0.6 is 0 Å². The lowest BCUT2D eigenvalue weighted by molar-refractivity contribution is -0.190. The van der Waals surface area contributed by atoms with E-state index in [1.54, 1.807) is 6.08 Å². The normalized spacial score (nSPS) is 51.0. The molecule has 3 fully saturated rings. The number of hydrogen-bond acceptors (Lipinski definition) is 3. The van der Waals surface area contributed by atoms with Crippen molar-refractivity contribution in [3.8, 4) is 0 Å². The van der Waals surface area contributed by atoms with Crippen molar-refractivity contribution in [1.29, 1.82) is 0 Å². The molecule has 0 unspecified atom stereocenters. The molecule has 0 spiro atoms. The molecule has 0 heterocycles. The van der Waals surface area contributed by atoms with Crippen LogP contribution in [-0.4, -0.2) is 22.3 Å². The molecule has 0 amide bonds. The quantitative estimate of drug-likeness (QED) is 0.747. The lowest BCUT2D eigenvalue weighted by atomic mass is 9.45. The zero-order chi connectivity index (χ0) is 15.8. The minimum atomic E-state index is -0.941. The summed E-state index contributed by atoms with van der Waals surface area (Å²) in [5.41, 5.74) is -0.199. The first-order chi connectivity index (χ1) is 10.3. The number of hydrogen-bond donors (Lipinski definition) is 1. The van der Waals surface area contributed by atoms with E-state index in [1.165, 1.54) is 12.8 Å². The molecule has 0 aromatic rings. The van der Waals surface area contributed by atoms with Crippen LogP contribution in [0.2, 0.25) is 0 Å². The van der Waals surface area contributed by atoms with Crippen molar-refractivity contribution in [2.75, 3.05) is 0 Å². The predicted molar refractivity (Wildman–Crippen MR) is 83.2 cm³/mol. The van der Waals surface area contributed by atoms with Crippen LogP contribution in [0.3, 0.4) is 0 Å². The highest BCUT2D eigenvalue weighted by Crippen LogP contribution is 2.65. The number of fused-ring (bicyclic) bond motifs is 5. The number of ketones is 2. The maximum absolute atomic E-state index is 12.9. The molecule has 120 valence electrons. The minimum absolute atomic E-state index is 0.115. The summed E-state index contributed by atoms with van der Waals surface area (Å²) < 4.78 is 0. The van der Waals surface area contributed by atoms with Crippen molar-refractivity contribution in [2.45, 2.75) is 70.8 Å². The van der Waals surface area contributed by atoms with Crippen LogP contribution in [-0.2, 0) is 9.59 Å². The molecule has 3 heteroatoms. The second kappa shape index (κ2) is 4.31. The van der Waals surface area contributed by atoms with Crippen LogP contribution in [0.4, 0.5) is 0 Å². The Hall–Kier alpha value is -0.960. The smallest absolute Gasteiger partial charge is 0.155 e. The van der Waals surface area contributed by atoms with Crippen LogP contribution < -0.4 is 0 Å². The van der Waals surface area contributed by atoms with Gasteiger partial charge in [-0.2, -0.15) is 0 Å². The van der Waals surface area contributed by atoms with Gasteiger partial charge in [-0.15, -0.1) is 0 Å². The Morgan fingerprint density at radius 2 is 1.91 bits per heavy atom. The summed E-state index contributed by atoms with van der Waals surface area (Å²) in [6.45, 7) is 4.41. The zero-order valence-corrected chi connectivity index (χ0v) is 13.7. The molecule has 3 saturated carbocycles. The molecule has 4 rings (SSSR count). The first-order valence-electron chi connectivity index (χ1n) is 8.79. The van der Waals surface area contributed by atoms with Crippen LogP contribution in [0.25, 0.3) is 0 Å². The van der Waals surface area contributed by atoms with Gasteiger partial charge in [0.1, 0.15) is 5.78 Å². The van der Waals surface area contributed by atoms with Crippen LogP contribution in [0.1, 0.15) is 65.2 Å². The van der Waals surface area contributed by atoms with E-state index in [0.29, 0.717) is 31.6 Å². The maximum Gasteiger partial charge on any atom is 0.155 e. The molecule has 0 aromatic heterocycles. The summed E-state index contributed by atoms with van der Waals surface area (Å²) in [5, 5.41) is 11.7. The summed E-state index contributed by atoms with van der Waals surface area (Å²) in [7, 11) is 0. The van der Waals surface area contributed by atoms with Gasteiger partial charge in [0.25, 0.3) is 0 Å². The summed E-state index contributed by atoms with van der Waals surface area (Å²) in [4.78, 5) is 24.7. The van der Waals surface area contributed by atoms with Crippen molar-refractivity contribution in [2.24, 2.45) is 22.7 Å². The Balaban J connectivity index is 1.83. The monoisotopic (exact) mass is 302 g/mol. The lowest BCUT2D eigenvalue weighted by Gasteiger charge is -2.61. The Labute approximate surface area is 132 Å². The van der Waals surface area contributed by atoms with Crippen molar-refractivity contribution in [1.82, 2.24) is 0 Å². The fourth-order valence-corrected chi connectivity index (χ4v) is 6.21. The fourth-order valence-electron chi connectivity index (χ4n) is 6.21. The van der Waals surface area contributed by atoms with E-state index >= 15 is 0 Å². The SMILES string of the molecule is C[C@@]12CCC[C@H]1[C@@H]1C(=O)CC3=CC(=O)CC[C@]3(C)[C@@]1(O)CC2. The van der Waals surface area contributed by atoms with E-state index in [9.17, 15) is 14.7 Å². The lowest BCUT2D eigenvalue weighted by Crippen LogP contribution is -2.65. The fraction of sp³-hybridized carbons (Fsp3) is 0.789. The summed E-state index contributed by atoms with van der Waals surface area (Å²) >= 11 is 0. The standard InChI is InChI=1S/C19H26O3/c1-17-6-3-4-14(17)16-15(21)11-12-10-13(20)5-7-18(12,2)19(16,22)9-8-17/h10,14,16,22H,3-9,11H2,1-2H3/t14-,16+,17-,18-,19+/m0/s1. The molecule has 0 radical (unpaired) electrons. The molecular weight excluding hydrogens is 276 g/mol. The van der Waals surface area contributed by atoms with Crippen molar-refractivity contribution < 1.29 is 14.7 Å². The highest BCUT2D eigenvalue weighted by Gasteiger charge is 2.66. The van der Waals surface area contributed by atoms with E-state index in [-0.39, 0.29) is 28.3 Å². The molecule has 0 aliphatic heterocycles. The van der Waals surface area contributed by atoms with Gasteiger partial charge in [0.05, 0.1) is 11.5 Å². The van der Waals surface area contributed by atoms with Crippen LogP contribution in [0, 0.1) is 22.7 Å². The van der Waals surface area contributed by atoms with Gasteiger partial charge in [-0.25, -0.2) is 0 Å². The summed E-state index contributed by atoms with van der Waals surface area (Å²) in [6, 6.07) is 0. The second-order valence-corrected chi connectivity index (χ2v) is 8.67. The van der Waals surface area contributed by atoms with E-state index in [2.05, 4.69) is 13.8 Å². The molecular formula is C19H26O3. The molecule has 0 aromatic carbocycles. The number of Topliss-reactive ketones (excluding diaryl/α,β-unsaturated/α-hetero) is 1. The molecule has 0 saturated heterocycles. The average Bonchev–Trinajstić information content (AvgIpc) is 2.84. The van der Waals surface area contributed by atoms with Gasteiger partial charge >= 0.3 is 0 Å². The minimum Gasteiger partial charge on any atom is -0.388 e. The molecule has 4 aliphatic carbocycles. The zero-order valence-electron chi connectivity index (χ0n) is 13.7. The van der Waals surface area contributed by atoms with E-state index in [1.807, 2.05) is 0 Å². The first-order valence-corrected chi connectivity index (χ1v) is 8.79. The number of carbonyl (C=O) groups is 2. The molecule has 1 N–H and O–H groups in total. The number of carbonyl (C=O) groups excluding carboxylic acids is 2. The van der Waals surface area contributed by atoms with E-state index < -0.39 is 5.60 Å². The summed E-state index contributed by atoms with van der Waals surface area (Å²) in [5.74, 6) is 0.404. The van der Waals surface area contributed by atoms with Crippen molar-refractivity contribution in [3.63, 3.8) is 0 Å². The van der Waals surface area contributed by atoms with Gasteiger partial charge < -0.3 is 5.11 Å². The Kier molecular flexibility index (Phi) is 2.87. The largest absolute Gasteiger partial charge is 0.388 e. The van der Waals surface area contributed by atoms with Crippen molar-refractivity contribution in [3.05, 3.63) is 11.6 Å². The third-order valence-electron chi connectivity index (χ3n) is 7.73. The van der Waals surface area contributed by atoms with Crippen molar-refractivity contribution >= 4 is 11.6 Å². The van der Waals surface area contributed by atoms with Crippen LogP contribution in [0.15, 0.2) is 11.6 Å². The highest BCUT2D eigenvalue weighted by atomic mass is 16.3. The molecule has 0 bridgehead atoms. The molecule has 4 aliphatic rings. The number of rotatable bonds is 0. The Morgan fingerprint density at radius 1 is 1.14 bits per heavy atom. The Bertz CT molecular complexity index is 591. The topological polar surface area (TPSA) is 54.4 Å². The van der Waals surface area contributed by atoms with Gasteiger partial charge in [-0.3, -0.25) is 9.59 Å². The van der Waals surface area contributed by atoms with Gasteiger partial charge in [0.2, 0.25) is 0 Å². The van der Waals surface area contributed by atoms with Gasteiger partial charge in [-0.1, -0.05) is 25.8 Å². The summed E-state index contributed by atoms with van der Waals surface area (Å²) in [6.07, 6.45) is 8.40. The third-order valence-corrected chi connectivity index (χ3v) is 7.73. The highest BCUT2D eigenvalue weighted by molar-refractivity contribution is 5.95. The number of aliphatic hydroxyl groups is 1. The van der Waals surface area contributed by atoms with Gasteiger partial charge in [0.15, 0.2) is 5.78 Å². The average molecular weight is 302 g/mol. The Morgan fingerprint density at radius 3 is 2.68 bits per heavy atom. The molecule has 3 nitrogen and oxygen atoms in total. The third kappa shape index (κ3) is 1.61. The van der Waals surface area contributed by atoms with E-state index in [0.717, 1.165) is 18.4 Å². The van der Waals surface area contributed by atoms with Gasteiger partial charge in [-0.05, 0) is 49.5 Å². The van der Waals surface area contributed by atoms with Gasteiger partial charge in [0, 0.05) is 18.3 Å². The molecule has 5 atom stereocenters.